The second kappa shape index (κ2) is 6.64. The maximum Gasteiger partial charge on any atom is 0.366 e. The number of imide groups is 1. The number of nitrogens with zero attached hydrogens (tertiary/aromatic N) is 1. The van der Waals surface area contributed by atoms with Crippen LogP contribution in [0.2, 0.25) is 0 Å². The van der Waals surface area contributed by atoms with Gasteiger partial charge in [-0.1, -0.05) is 12.8 Å². The number of carbonyl (C=O) groups excluding carboxylic acids is 3. The largest absolute Gasteiger partial charge is 0.366 e. The zero-order chi connectivity index (χ0) is 16.7. The van der Waals surface area contributed by atoms with Crippen LogP contribution in [0.25, 0.3) is 0 Å². The SMILES string of the molecule is O=C(ON1C(=O)C2CCCCC2C1=O)c1c(Br)ccc(Br)c1Br. The molecule has 3 rings (SSSR count). The van der Waals surface area contributed by atoms with Gasteiger partial charge in [0.2, 0.25) is 0 Å². The predicted molar refractivity (Wildman–Crippen MR) is 92.3 cm³/mol. The van der Waals surface area contributed by atoms with Crippen molar-refractivity contribution in [1.82, 2.24) is 5.06 Å². The molecule has 2 fully saturated rings. The molecule has 2 unspecified atom stereocenters. The first kappa shape index (κ1) is 17.1. The minimum absolute atomic E-state index is 0.217. The number of halogens is 3. The maximum absolute atomic E-state index is 12.4. The van der Waals surface area contributed by atoms with E-state index in [0.29, 0.717) is 31.3 Å². The number of amides is 2. The van der Waals surface area contributed by atoms with Gasteiger partial charge in [0.1, 0.15) is 0 Å². The van der Waals surface area contributed by atoms with E-state index in [9.17, 15) is 14.4 Å². The summed E-state index contributed by atoms with van der Waals surface area (Å²) >= 11 is 9.90. The summed E-state index contributed by atoms with van der Waals surface area (Å²) in [4.78, 5) is 42.3. The summed E-state index contributed by atoms with van der Waals surface area (Å²) in [6, 6.07) is 3.44. The molecule has 2 atom stereocenters. The molecule has 1 saturated carbocycles. The van der Waals surface area contributed by atoms with Crippen molar-refractivity contribution in [3.63, 3.8) is 0 Å². The van der Waals surface area contributed by atoms with Crippen molar-refractivity contribution in [2.75, 3.05) is 0 Å². The Balaban J connectivity index is 1.85. The topological polar surface area (TPSA) is 63.7 Å². The molecule has 0 aromatic heterocycles. The highest BCUT2D eigenvalue weighted by atomic mass is 79.9. The van der Waals surface area contributed by atoms with E-state index in [1.165, 1.54) is 0 Å². The number of fused-ring (bicyclic) bond motifs is 1. The smallest absolute Gasteiger partial charge is 0.325 e. The minimum atomic E-state index is -0.759. The summed E-state index contributed by atoms with van der Waals surface area (Å²) in [5, 5.41) is 0.656. The number of rotatable bonds is 2. The third-order valence-corrected chi connectivity index (χ3v) is 6.90. The van der Waals surface area contributed by atoms with E-state index in [1.807, 2.05) is 0 Å². The van der Waals surface area contributed by atoms with Crippen molar-refractivity contribution in [3.8, 4) is 0 Å². The Hall–Kier alpha value is -0.730. The Morgan fingerprint density at radius 3 is 2.09 bits per heavy atom. The van der Waals surface area contributed by atoms with E-state index in [1.54, 1.807) is 12.1 Å². The highest BCUT2D eigenvalue weighted by Crippen LogP contribution is 2.39. The monoisotopic (exact) mass is 507 g/mol. The Morgan fingerprint density at radius 1 is 1.00 bits per heavy atom. The number of hydrogen-bond donors (Lipinski definition) is 0. The molecule has 1 aromatic rings. The van der Waals surface area contributed by atoms with Gasteiger partial charge in [-0.05, 0) is 72.8 Å². The zero-order valence-corrected chi connectivity index (χ0v) is 16.6. The van der Waals surface area contributed by atoms with Gasteiger partial charge < -0.3 is 4.84 Å². The van der Waals surface area contributed by atoms with Crippen molar-refractivity contribution in [3.05, 3.63) is 31.1 Å². The lowest BCUT2D eigenvalue weighted by molar-refractivity contribution is -0.174. The second-order valence-electron chi connectivity index (χ2n) is 5.57. The van der Waals surface area contributed by atoms with Crippen LogP contribution in [0.5, 0.6) is 0 Å². The zero-order valence-electron chi connectivity index (χ0n) is 11.9. The van der Waals surface area contributed by atoms with Crippen molar-refractivity contribution in [1.29, 1.82) is 0 Å². The summed E-state index contributed by atoms with van der Waals surface area (Å²) in [5.41, 5.74) is 0.217. The predicted octanol–water partition coefficient (Wildman–Crippen LogP) is 4.22. The molecule has 122 valence electrons. The van der Waals surface area contributed by atoms with E-state index in [4.69, 9.17) is 4.84 Å². The van der Waals surface area contributed by atoms with Crippen molar-refractivity contribution < 1.29 is 19.2 Å². The lowest BCUT2D eigenvalue weighted by Gasteiger charge is -2.19. The Bertz CT molecular complexity index is 682. The number of hydrogen-bond acceptors (Lipinski definition) is 4. The fourth-order valence-electron chi connectivity index (χ4n) is 3.06. The molecular weight excluding hydrogens is 498 g/mol. The van der Waals surface area contributed by atoms with Gasteiger partial charge in [-0.2, -0.15) is 0 Å². The van der Waals surface area contributed by atoms with Crippen LogP contribution in [0, 0.1) is 11.8 Å². The van der Waals surface area contributed by atoms with Crippen LogP contribution >= 0.6 is 47.8 Å². The molecule has 0 N–H and O–H groups in total. The van der Waals surface area contributed by atoms with E-state index < -0.39 is 17.8 Å². The first-order valence-electron chi connectivity index (χ1n) is 7.15. The maximum atomic E-state index is 12.4. The van der Waals surface area contributed by atoms with E-state index >= 15 is 0 Å². The summed E-state index contributed by atoms with van der Waals surface area (Å²) in [7, 11) is 0. The van der Waals surface area contributed by atoms with E-state index in [-0.39, 0.29) is 17.4 Å². The molecule has 5 nitrogen and oxygen atoms in total. The molecule has 0 bridgehead atoms. The Labute approximate surface area is 158 Å². The van der Waals surface area contributed by atoms with Crippen LogP contribution in [-0.2, 0) is 14.4 Å². The van der Waals surface area contributed by atoms with Crippen LogP contribution in [0.3, 0.4) is 0 Å². The van der Waals surface area contributed by atoms with E-state index in [2.05, 4.69) is 47.8 Å². The number of carbonyl (C=O) groups is 3. The first-order chi connectivity index (χ1) is 10.9. The van der Waals surface area contributed by atoms with Crippen LogP contribution < -0.4 is 0 Å². The molecule has 2 aliphatic rings. The quantitative estimate of drug-likeness (QED) is 0.442. The summed E-state index contributed by atoms with van der Waals surface area (Å²) in [5.74, 6) is -2.27. The van der Waals surface area contributed by atoms with Gasteiger partial charge in [-0.3, -0.25) is 9.59 Å². The molecular formula is C15H12Br3NO4. The van der Waals surface area contributed by atoms with E-state index in [0.717, 1.165) is 12.8 Å². The molecule has 2 amide bonds. The van der Waals surface area contributed by atoms with Crippen LogP contribution in [-0.4, -0.2) is 22.8 Å². The summed E-state index contributed by atoms with van der Waals surface area (Å²) < 4.78 is 1.67. The van der Waals surface area contributed by atoms with Gasteiger partial charge in [0.15, 0.2) is 0 Å². The second-order valence-corrected chi connectivity index (χ2v) is 8.07. The number of hydroxylamine groups is 2. The van der Waals surface area contributed by atoms with Crippen LogP contribution in [0.15, 0.2) is 25.6 Å². The molecule has 8 heteroatoms. The normalized spacial score (nSPS) is 23.9. The lowest BCUT2D eigenvalue weighted by atomic mass is 9.81. The molecule has 0 radical (unpaired) electrons. The van der Waals surface area contributed by atoms with Crippen molar-refractivity contribution in [2.45, 2.75) is 25.7 Å². The Morgan fingerprint density at radius 2 is 1.52 bits per heavy atom. The Kier molecular flexibility index (Phi) is 4.94. The molecule has 1 saturated heterocycles. The average molecular weight is 510 g/mol. The summed E-state index contributed by atoms with van der Waals surface area (Å²) in [6.07, 6.45) is 3.19. The third kappa shape index (κ3) is 3.00. The van der Waals surface area contributed by atoms with Gasteiger partial charge in [0, 0.05) is 13.4 Å². The number of benzene rings is 1. The molecule has 23 heavy (non-hydrogen) atoms. The van der Waals surface area contributed by atoms with Gasteiger partial charge in [0.25, 0.3) is 11.8 Å². The van der Waals surface area contributed by atoms with Crippen LogP contribution in [0.4, 0.5) is 0 Å². The third-order valence-electron chi connectivity index (χ3n) is 4.22. The molecule has 1 aliphatic heterocycles. The van der Waals surface area contributed by atoms with Gasteiger partial charge in [-0.15, -0.1) is 5.06 Å². The van der Waals surface area contributed by atoms with Gasteiger partial charge in [-0.25, -0.2) is 4.79 Å². The molecule has 1 aliphatic carbocycles. The molecule has 1 heterocycles. The first-order valence-corrected chi connectivity index (χ1v) is 9.53. The molecule has 1 aromatic carbocycles. The standard InChI is InChI=1S/C15H12Br3NO4/c16-9-5-6-10(17)12(18)11(9)15(22)23-19-13(20)7-3-1-2-4-8(7)14(19)21/h5-8H,1-4H2. The average Bonchev–Trinajstić information content (AvgIpc) is 2.77. The van der Waals surface area contributed by atoms with Crippen molar-refractivity contribution >= 4 is 65.6 Å². The highest BCUT2D eigenvalue weighted by molar-refractivity contribution is 9.13. The fraction of sp³-hybridized carbons (Fsp3) is 0.400. The van der Waals surface area contributed by atoms with Crippen LogP contribution in [0.1, 0.15) is 36.0 Å². The molecule has 0 spiro atoms. The van der Waals surface area contributed by atoms with Gasteiger partial charge in [0.05, 0.1) is 17.4 Å². The minimum Gasteiger partial charge on any atom is -0.325 e. The lowest BCUT2D eigenvalue weighted by Crippen LogP contribution is -2.34. The van der Waals surface area contributed by atoms with Crippen molar-refractivity contribution in [2.24, 2.45) is 11.8 Å². The highest BCUT2D eigenvalue weighted by Gasteiger charge is 2.50. The summed E-state index contributed by atoms with van der Waals surface area (Å²) in [6.45, 7) is 0. The fourth-order valence-corrected chi connectivity index (χ4v) is 4.66. The van der Waals surface area contributed by atoms with Gasteiger partial charge >= 0.3 is 5.97 Å².